The fraction of sp³-hybridized carbons (Fsp3) is 0.444. The molecule has 0 radical (unpaired) electrons. The first-order valence-electron chi connectivity index (χ1n) is 7.52. The molecule has 1 aliphatic carbocycles. The summed E-state index contributed by atoms with van der Waals surface area (Å²) in [5.41, 5.74) is 2.88. The van der Waals surface area contributed by atoms with Gasteiger partial charge < -0.3 is 0 Å². The van der Waals surface area contributed by atoms with E-state index in [1.165, 1.54) is 6.07 Å². The van der Waals surface area contributed by atoms with Crippen molar-refractivity contribution in [3.05, 3.63) is 47.4 Å². The summed E-state index contributed by atoms with van der Waals surface area (Å²) in [6.45, 7) is 8.75. The summed E-state index contributed by atoms with van der Waals surface area (Å²) in [5, 5.41) is 8.72. The van der Waals surface area contributed by atoms with Crippen LogP contribution < -0.4 is 0 Å². The van der Waals surface area contributed by atoms with Crippen LogP contribution in [0.25, 0.3) is 11.3 Å². The monoisotopic (exact) mass is 318 g/mol. The number of nitrogens with zero attached hydrogens (tertiary/aromatic N) is 2. The van der Waals surface area contributed by atoms with Gasteiger partial charge in [-0.1, -0.05) is 39.8 Å². The minimum Gasteiger partial charge on any atom is -0.206 e. The van der Waals surface area contributed by atoms with Crippen LogP contribution in [-0.4, -0.2) is 16.1 Å². The lowest BCUT2D eigenvalue weighted by Gasteiger charge is -2.39. The number of halogens is 2. The summed E-state index contributed by atoms with van der Waals surface area (Å²) in [6.07, 6.45) is 0. The number of benzene rings is 1. The number of rotatable bonds is 2. The Labute approximate surface area is 135 Å². The van der Waals surface area contributed by atoms with Crippen molar-refractivity contribution in [2.45, 2.75) is 39.0 Å². The van der Waals surface area contributed by atoms with Crippen LogP contribution in [0.1, 0.15) is 44.9 Å². The summed E-state index contributed by atoms with van der Waals surface area (Å²) in [5.74, 6) is 0.500. The van der Waals surface area contributed by atoms with Crippen molar-refractivity contribution in [3.63, 3.8) is 0 Å². The smallest absolute Gasteiger partial charge is 0.132 e. The Bertz CT molecular complexity index is 729. The van der Waals surface area contributed by atoms with Gasteiger partial charge >= 0.3 is 0 Å². The number of aromatic nitrogens is 2. The molecule has 0 aliphatic heterocycles. The Kier molecular flexibility index (Phi) is 3.52. The van der Waals surface area contributed by atoms with Crippen LogP contribution in [0.2, 0.25) is 0 Å². The van der Waals surface area contributed by atoms with E-state index in [0.717, 1.165) is 11.3 Å². The van der Waals surface area contributed by atoms with Crippen molar-refractivity contribution < 1.29 is 4.39 Å². The van der Waals surface area contributed by atoms with E-state index in [1.54, 1.807) is 12.1 Å². The Morgan fingerprint density at radius 2 is 1.86 bits per heavy atom. The van der Waals surface area contributed by atoms with E-state index in [0.29, 0.717) is 17.1 Å². The zero-order chi connectivity index (χ0) is 16.1. The average Bonchev–Trinajstić information content (AvgIpc) is 2.66. The second-order valence-electron chi connectivity index (χ2n) is 6.92. The van der Waals surface area contributed by atoms with Crippen molar-refractivity contribution >= 4 is 11.6 Å². The van der Waals surface area contributed by atoms with Gasteiger partial charge in [0.05, 0.1) is 11.4 Å². The molecule has 22 heavy (non-hydrogen) atoms. The average molecular weight is 319 g/mol. The first kappa shape index (κ1) is 15.4. The highest BCUT2D eigenvalue weighted by molar-refractivity contribution is 6.18. The maximum Gasteiger partial charge on any atom is 0.132 e. The molecule has 1 aliphatic rings. The van der Waals surface area contributed by atoms with Crippen molar-refractivity contribution in [1.82, 2.24) is 10.2 Å². The van der Waals surface area contributed by atoms with Crippen LogP contribution in [0.3, 0.4) is 0 Å². The predicted molar refractivity (Wildman–Crippen MR) is 87.7 cm³/mol. The molecule has 1 heterocycles. The van der Waals surface area contributed by atoms with Crippen molar-refractivity contribution in [2.75, 3.05) is 5.88 Å². The minimum atomic E-state index is -0.276. The topological polar surface area (TPSA) is 25.8 Å². The van der Waals surface area contributed by atoms with E-state index in [-0.39, 0.29) is 22.6 Å². The van der Waals surface area contributed by atoms with E-state index < -0.39 is 0 Å². The van der Waals surface area contributed by atoms with Crippen LogP contribution in [0, 0.1) is 11.2 Å². The van der Waals surface area contributed by atoms with Gasteiger partial charge in [0.2, 0.25) is 0 Å². The third kappa shape index (κ3) is 1.91. The van der Waals surface area contributed by atoms with Gasteiger partial charge in [0, 0.05) is 16.9 Å². The van der Waals surface area contributed by atoms with E-state index in [2.05, 4.69) is 37.9 Å². The second-order valence-corrected chi connectivity index (χ2v) is 7.19. The predicted octanol–water partition coefficient (Wildman–Crippen LogP) is 4.92. The lowest BCUT2D eigenvalue weighted by Crippen LogP contribution is -2.39. The highest BCUT2D eigenvalue weighted by Gasteiger charge is 2.54. The van der Waals surface area contributed by atoms with Gasteiger partial charge in [-0.05, 0) is 35.1 Å². The molecule has 0 saturated heterocycles. The molecule has 0 saturated carbocycles. The molecule has 0 amide bonds. The molecule has 2 atom stereocenters. The summed E-state index contributed by atoms with van der Waals surface area (Å²) in [6, 6.07) is 8.64. The standard InChI is InChI=1S/C18H20ClFN2/c1-11-13-9-15(12-7-5-6-8-14(12)20)21-22-16(13)18(4,10-19)17(11,2)3/h5-9,11H,10H2,1-4H3/t11-,18?/m1/s1. The highest BCUT2D eigenvalue weighted by atomic mass is 35.5. The quantitative estimate of drug-likeness (QED) is 0.734. The molecule has 1 aromatic heterocycles. The van der Waals surface area contributed by atoms with Crippen LogP contribution in [0.15, 0.2) is 30.3 Å². The molecule has 1 unspecified atom stereocenters. The van der Waals surface area contributed by atoms with Crippen molar-refractivity contribution in [3.8, 4) is 11.3 Å². The maximum absolute atomic E-state index is 14.0. The molecule has 0 bridgehead atoms. The second kappa shape index (κ2) is 5.02. The summed E-state index contributed by atoms with van der Waals surface area (Å²) in [7, 11) is 0. The van der Waals surface area contributed by atoms with Gasteiger partial charge in [-0.15, -0.1) is 11.6 Å². The number of hydrogen-bond acceptors (Lipinski definition) is 2. The van der Waals surface area contributed by atoms with Gasteiger partial charge in [-0.2, -0.15) is 10.2 Å². The third-order valence-electron chi connectivity index (χ3n) is 5.73. The molecule has 4 heteroatoms. The van der Waals surface area contributed by atoms with Crippen LogP contribution in [0.5, 0.6) is 0 Å². The molecule has 1 aromatic carbocycles. The molecule has 2 nitrogen and oxygen atoms in total. The van der Waals surface area contributed by atoms with Crippen LogP contribution >= 0.6 is 11.6 Å². The maximum atomic E-state index is 14.0. The summed E-state index contributed by atoms with van der Waals surface area (Å²) in [4.78, 5) is 0. The Morgan fingerprint density at radius 1 is 1.18 bits per heavy atom. The lowest BCUT2D eigenvalue weighted by molar-refractivity contribution is 0.190. The van der Waals surface area contributed by atoms with Crippen LogP contribution in [0.4, 0.5) is 4.39 Å². The number of fused-ring (bicyclic) bond motifs is 1. The van der Waals surface area contributed by atoms with Crippen LogP contribution in [-0.2, 0) is 5.41 Å². The fourth-order valence-corrected chi connectivity index (χ4v) is 3.84. The molecule has 2 aromatic rings. The van der Waals surface area contributed by atoms with Gasteiger partial charge in [-0.25, -0.2) is 4.39 Å². The van der Waals surface area contributed by atoms with Gasteiger partial charge in [-0.3, -0.25) is 0 Å². The Morgan fingerprint density at radius 3 is 2.50 bits per heavy atom. The molecule has 0 spiro atoms. The van der Waals surface area contributed by atoms with E-state index in [4.69, 9.17) is 11.6 Å². The normalized spacial score (nSPS) is 26.0. The zero-order valence-corrected chi connectivity index (χ0v) is 14.1. The molecular formula is C18H20ClFN2. The largest absolute Gasteiger partial charge is 0.206 e. The van der Waals surface area contributed by atoms with Crippen molar-refractivity contribution in [1.29, 1.82) is 0 Å². The molecule has 0 fully saturated rings. The van der Waals surface area contributed by atoms with Crippen molar-refractivity contribution in [2.24, 2.45) is 5.41 Å². The Hall–Kier alpha value is -1.48. The zero-order valence-electron chi connectivity index (χ0n) is 13.3. The summed E-state index contributed by atoms with van der Waals surface area (Å²) < 4.78 is 14.0. The molecule has 116 valence electrons. The van der Waals surface area contributed by atoms with E-state index >= 15 is 0 Å². The van der Waals surface area contributed by atoms with Gasteiger partial charge in [0.15, 0.2) is 0 Å². The third-order valence-corrected chi connectivity index (χ3v) is 6.27. The molecule has 3 rings (SSSR count). The lowest BCUT2D eigenvalue weighted by atomic mass is 9.66. The van der Waals surface area contributed by atoms with E-state index in [1.807, 2.05) is 12.1 Å². The number of hydrogen-bond donors (Lipinski definition) is 0. The molecule has 0 N–H and O–H groups in total. The minimum absolute atomic E-state index is 0.0282. The van der Waals surface area contributed by atoms with Gasteiger partial charge in [0.25, 0.3) is 0 Å². The highest BCUT2D eigenvalue weighted by Crippen LogP contribution is 2.58. The summed E-state index contributed by atoms with van der Waals surface area (Å²) >= 11 is 6.28. The number of alkyl halides is 1. The Balaban J connectivity index is 2.18. The molecular weight excluding hydrogens is 299 g/mol. The van der Waals surface area contributed by atoms with Gasteiger partial charge in [0.1, 0.15) is 5.82 Å². The first-order chi connectivity index (χ1) is 10.3. The fourth-order valence-electron chi connectivity index (χ4n) is 3.37. The first-order valence-corrected chi connectivity index (χ1v) is 8.05. The SMILES string of the molecule is C[C@@H]1c2cc(-c3ccccc3F)nnc2C(C)(CCl)C1(C)C. The van der Waals surface area contributed by atoms with E-state index in [9.17, 15) is 4.39 Å².